The number of ether oxygens (including phenoxy) is 1. The lowest BCUT2D eigenvalue weighted by Gasteiger charge is -2.12. The van der Waals surface area contributed by atoms with Gasteiger partial charge in [-0.3, -0.25) is 14.2 Å². The van der Waals surface area contributed by atoms with E-state index in [4.69, 9.17) is 16.3 Å². The zero-order valence-electron chi connectivity index (χ0n) is 20.2. The molecule has 0 bridgehead atoms. The Labute approximate surface area is 212 Å². The number of fused-ring (bicyclic) bond motifs is 3. The molecule has 182 valence electrons. The molecule has 0 atom stereocenters. The molecule has 0 fully saturated rings. The Morgan fingerprint density at radius 1 is 1.08 bits per heavy atom. The number of methoxy groups -OCH3 is 1. The Bertz CT molecular complexity index is 1670. The third-order valence-electron chi connectivity index (χ3n) is 6.34. The Balaban J connectivity index is 1.58. The Morgan fingerprint density at radius 2 is 1.86 bits per heavy atom. The monoisotopic (exact) mass is 500 g/mol. The molecule has 0 saturated heterocycles. The van der Waals surface area contributed by atoms with Gasteiger partial charge in [-0.1, -0.05) is 41.4 Å². The molecule has 2 aromatic heterocycles. The van der Waals surface area contributed by atoms with E-state index in [1.54, 1.807) is 40.8 Å². The molecule has 0 spiro atoms. The number of carbonyl (C=O) groups excluding carboxylic acids is 1. The zero-order valence-corrected chi connectivity index (χ0v) is 21.0. The number of halogens is 1. The number of benzene rings is 3. The van der Waals surface area contributed by atoms with Crippen molar-refractivity contribution < 1.29 is 9.53 Å². The van der Waals surface area contributed by atoms with Gasteiger partial charge in [0.15, 0.2) is 0 Å². The van der Waals surface area contributed by atoms with Crippen molar-refractivity contribution in [2.24, 2.45) is 0 Å². The van der Waals surface area contributed by atoms with Gasteiger partial charge in [0.05, 0.1) is 25.5 Å². The van der Waals surface area contributed by atoms with E-state index >= 15 is 0 Å². The van der Waals surface area contributed by atoms with Crippen LogP contribution in [0.2, 0.25) is 5.02 Å². The predicted octanol–water partition coefficient (Wildman–Crippen LogP) is 5.32. The fraction of sp³-hybridized carbons (Fsp3) is 0.179. The van der Waals surface area contributed by atoms with Crippen LogP contribution in [0, 0.1) is 13.8 Å². The molecular weight excluding hydrogens is 476 g/mol. The lowest BCUT2D eigenvalue weighted by Crippen LogP contribution is -2.25. The summed E-state index contributed by atoms with van der Waals surface area (Å²) in [5, 5.41) is 4.34. The molecule has 0 aliphatic carbocycles. The van der Waals surface area contributed by atoms with Crippen molar-refractivity contribution in [3.8, 4) is 5.75 Å². The summed E-state index contributed by atoms with van der Waals surface area (Å²) in [5.74, 6) is 0.487. The van der Waals surface area contributed by atoms with Gasteiger partial charge < -0.3 is 14.6 Å². The van der Waals surface area contributed by atoms with Gasteiger partial charge in [-0.2, -0.15) is 0 Å². The van der Waals surface area contributed by atoms with E-state index < -0.39 is 0 Å². The molecule has 8 heteroatoms. The minimum absolute atomic E-state index is 0.0432. The van der Waals surface area contributed by atoms with Gasteiger partial charge in [-0.05, 0) is 61.4 Å². The minimum Gasteiger partial charge on any atom is -0.497 e. The van der Waals surface area contributed by atoms with Gasteiger partial charge >= 0.3 is 0 Å². The van der Waals surface area contributed by atoms with E-state index in [-0.39, 0.29) is 18.0 Å². The third-order valence-corrected chi connectivity index (χ3v) is 6.75. The van der Waals surface area contributed by atoms with Gasteiger partial charge in [0.2, 0.25) is 5.91 Å². The number of aromatic nitrogens is 3. The van der Waals surface area contributed by atoms with Crippen molar-refractivity contribution in [1.29, 1.82) is 0 Å². The van der Waals surface area contributed by atoms with Crippen LogP contribution in [-0.4, -0.2) is 27.1 Å². The van der Waals surface area contributed by atoms with Crippen LogP contribution in [0.4, 0.5) is 5.69 Å². The number of hydrogen-bond acceptors (Lipinski definition) is 4. The Kier molecular flexibility index (Phi) is 6.24. The fourth-order valence-corrected chi connectivity index (χ4v) is 4.57. The first-order valence-electron chi connectivity index (χ1n) is 11.5. The molecule has 1 amide bonds. The molecule has 0 aliphatic rings. The highest BCUT2D eigenvalue weighted by Gasteiger charge is 2.19. The van der Waals surface area contributed by atoms with Gasteiger partial charge in [-0.15, -0.1) is 0 Å². The predicted molar refractivity (Wildman–Crippen MR) is 143 cm³/mol. The van der Waals surface area contributed by atoms with Crippen LogP contribution in [0.1, 0.15) is 16.7 Å². The maximum absolute atomic E-state index is 13.7. The van der Waals surface area contributed by atoms with Crippen molar-refractivity contribution in [3.63, 3.8) is 0 Å². The smallest absolute Gasteiger partial charge is 0.278 e. The quantitative estimate of drug-likeness (QED) is 0.342. The highest BCUT2D eigenvalue weighted by molar-refractivity contribution is 6.31. The van der Waals surface area contributed by atoms with Crippen LogP contribution in [-0.2, 0) is 17.9 Å². The SMILES string of the molecule is COc1ccc(Cn2cnc3c4cc(C)ccc4n(CC(=O)Nc4cccc(Cl)c4C)c3c2=O)cc1. The van der Waals surface area contributed by atoms with Crippen molar-refractivity contribution in [1.82, 2.24) is 14.1 Å². The number of nitrogens with zero attached hydrogens (tertiary/aromatic N) is 3. The van der Waals surface area contributed by atoms with Gasteiger partial charge in [0, 0.05) is 16.1 Å². The summed E-state index contributed by atoms with van der Waals surface area (Å²) in [7, 11) is 1.61. The summed E-state index contributed by atoms with van der Waals surface area (Å²) < 4.78 is 8.53. The average molecular weight is 501 g/mol. The second-order valence-electron chi connectivity index (χ2n) is 8.79. The summed E-state index contributed by atoms with van der Waals surface area (Å²) in [4.78, 5) is 31.5. The highest BCUT2D eigenvalue weighted by Crippen LogP contribution is 2.27. The van der Waals surface area contributed by atoms with Crippen molar-refractivity contribution in [2.75, 3.05) is 12.4 Å². The summed E-state index contributed by atoms with van der Waals surface area (Å²) in [6, 6.07) is 18.8. The number of hydrogen-bond donors (Lipinski definition) is 1. The van der Waals surface area contributed by atoms with Crippen molar-refractivity contribution >= 4 is 45.1 Å². The van der Waals surface area contributed by atoms with E-state index in [9.17, 15) is 9.59 Å². The Morgan fingerprint density at radius 3 is 2.61 bits per heavy atom. The molecule has 0 aliphatic heterocycles. The van der Waals surface area contributed by atoms with Gasteiger partial charge in [0.1, 0.15) is 23.3 Å². The maximum Gasteiger partial charge on any atom is 0.278 e. The first kappa shape index (κ1) is 23.6. The minimum atomic E-state index is -0.260. The maximum atomic E-state index is 13.7. The molecule has 7 nitrogen and oxygen atoms in total. The van der Waals surface area contributed by atoms with Gasteiger partial charge in [0.25, 0.3) is 5.56 Å². The largest absolute Gasteiger partial charge is 0.497 e. The number of nitrogens with one attached hydrogen (secondary N) is 1. The number of aryl methyl sites for hydroxylation is 1. The molecular formula is C28H25ClN4O3. The van der Waals surface area contributed by atoms with Crippen LogP contribution >= 0.6 is 11.6 Å². The molecule has 5 rings (SSSR count). The van der Waals surface area contributed by atoms with Crippen molar-refractivity contribution in [3.05, 3.63) is 99.1 Å². The lowest BCUT2D eigenvalue weighted by atomic mass is 10.1. The molecule has 1 N–H and O–H groups in total. The highest BCUT2D eigenvalue weighted by atomic mass is 35.5. The molecule has 5 aromatic rings. The molecule has 2 heterocycles. The zero-order chi connectivity index (χ0) is 25.4. The fourth-order valence-electron chi connectivity index (χ4n) is 4.39. The molecule has 3 aromatic carbocycles. The second kappa shape index (κ2) is 9.51. The standard InChI is InChI=1S/C28H25ClN4O3/c1-17-7-12-24-21(13-17)26-27(33(24)15-25(34)31-23-6-4-5-22(29)18(23)2)28(35)32(16-30-26)14-19-8-10-20(36-3)11-9-19/h4-13,16H,14-15H2,1-3H3,(H,31,34). The first-order valence-corrected chi connectivity index (χ1v) is 11.9. The molecule has 0 radical (unpaired) electrons. The number of rotatable bonds is 6. The molecule has 0 saturated carbocycles. The van der Waals surface area contributed by atoms with E-state index in [0.717, 1.165) is 33.3 Å². The van der Waals surface area contributed by atoms with E-state index in [0.29, 0.717) is 28.3 Å². The number of anilines is 1. The normalized spacial score (nSPS) is 11.2. The summed E-state index contributed by atoms with van der Waals surface area (Å²) >= 11 is 6.22. The number of amides is 1. The number of carbonyl (C=O) groups is 1. The van der Waals surface area contributed by atoms with E-state index in [1.165, 1.54) is 0 Å². The van der Waals surface area contributed by atoms with Crippen LogP contribution in [0.15, 0.2) is 71.8 Å². The third kappa shape index (κ3) is 4.33. The van der Waals surface area contributed by atoms with E-state index in [1.807, 2.05) is 56.3 Å². The van der Waals surface area contributed by atoms with Crippen LogP contribution in [0.25, 0.3) is 21.9 Å². The van der Waals surface area contributed by atoms with Crippen LogP contribution in [0.3, 0.4) is 0 Å². The average Bonchev–Trinajstić information content (AvgIpc) is 3.17. The summed E-state index contributed by atoms with van der Waals surface area (Å²) in [5.41, 5.74) is 4.95. The topological polar surface area (TPSA) is 78.2 Å². The second-order valence-corrected chi connectivity index (χ2v) is 9.20. The first-order chi connectivity index (χ1) is 17.4. The lowest BCUT2D eigenvalue weighted by molar-refractivity contribution is -0.116. The van der Waals surface area contributed by atoms with Crippen LogP contribution in [0.5, 0.6) is 5.75 Å². The summed E-state index contributed by atoms with van der Waals surface area (Å²) in [6.45, 7) is 4.14. The van der Waals surface area contributed by atoms with Gasteiger partial charge in [-0.25, -0.2) is 4.98 Å². The Hall–Kier alpha value is -4.10. The molecule has 36 heavy (non-hydrogen) atoms. The van der Waals surface area contributed by atoms with Crippen molar-refractivity contribution in [2.45, 2.75) is 26.9 Å². The molecule has 0 unspecified atom stereocenters. The summed E-state index contributed by atoms with van der Waals surface area (Å²) in [6.07, 6.45) is 1.57. The van der Waals surface area contributed by atoms with E-state index in [2.05, 4.69) is 10.3 Å². The van der Waals surface area contributed by atoms with Crippen LogP contribution < -0.4 is 15.6 Å².